The summed E-state index contributed by atoms with van der Waals surface area (Å²) in [6.07, 6.45) is 0.0592. The van der Waals surface area contributed by atoms with Crippen LogP contribution in [0.5, 0.6) is 0 Å². The van der Waals surface area contributed by atoms with Crippen LogP contribution in [0.4, 0.5) is 0 Å². The van der Waals surface area contributed by atoms with Gasteiger partial charge in [0.2, 0.25) is 5.91 Å². The van der Waals surface area contributed by atoms with Gasteiger partial charge in [0.25, 0.3) is 0 Å². The minimum atomic E-state index is -0.0519. The highest BCUT2D eigenvalue weighted by Gasteiger charge is 2.18. The summed E-state index contributed by atoms with van der Waals surface area (Å²) in [5.41, 5.74) is 5.15. The van der Waals surface area contributed by atoms with Gasteiger partial charge in [-0.2, -0.15) is 0 Å². The average molecular weight is 184 g/mol. The lowest BCUT2D eigenvalue weighted by Crippen LogP contribution is -2.47. The number of rotatable bonds is 2. The molecule has 1 rings (SSSR count). The Hall–Kier alpha value is -1.10. The second kappa shape index (κ2) is 4.23. The second-order valence-electron chi connectivity index (χ2n) is 3.39. The van der Waals surface area contributed by atoms with Crippen LogP contribution in [0.1, 0.15) is 6.42 Å². The third-order valence-corrected chi connectivity index (χ3v) is 2.20. The molecule has 13 heavy (non-hydrogen) atoms. The first-order valence-electron chi connectivity index (χ1n) is 4.39. The van der Waals surface area contributed by atoms with Crippen LogP contribution in [-0.4, -0.2) is 54.8 Å². The van der Waals surface area contributed by atoms with Crippen molar-refractivity contribution in [2.24, 2.45) is 5.73 Å². The van der Waals surface area contributed by atoms with Crippen LogP contribution in [0.25, 0.3) is 0 Å². The van der Waals surface area contributed by atoms with Gasteiger partial charge in [0, 0.05) is 26.2 Å². The van der Waals surface area contributed by atoms with Crippen molar-refractivity contribution in [3.63, 3.8) is 0 Å². The van der Waals surface area contributed by atoms with Crippen LogP contribution in [0.2, 0.25) is 0 Å². The molecule has 74 valence electrons. The van der Waals surface area contributed by atoms with E-state index in [2.05, 4.69) is 4.90 Å². The minimum Gasteiger partial charge on any atom is -0.387 e. The number of carbonyl (C=O) groups is 1. The normalized spacial score (nSPS) is 18.7. The van der Waals surface area contributed by atoms with Crippen molar-refractivity contribution in [3.8, 4) is 0 Å². The number of likely N-dealkylation sites (N-methyl/N-ethyl adjacent to an activating group) is 1. The van der Waals surface area contributed by atoms with E-state index in [1.165, 1.54) is 0 Å². The first-order chi connectivity index (χ1) is 6.09. The van der Waals surface area contributed by atoms with Gasteiger partial charge in [-0.25, -0.2) is 0 Å². The Kier molecular flexibility index (Phi) is 3.25. The number of nitrogens with two attached hydrogens (primary N) is 1. The molecule has 5 heteroatoms. The van der Waals surface area contributed by atoms with Gasteiger partial charge in [0.1, 0.15) is 0 Å². The van der Waals surface area contributed by atoms with Gasteiger partial charge in [-0.15, -0.1) is 0 Å². The van der Waals surface area contributed by atoms with E-state index >= 15 is 0 Å². The molecule has 1 aliphatic rings. The number of piperazine rings is 1. The molecule has 0 radical (unpaired) electrons. The Bertz CT molecular complexity index is 208. The maximum Gasteiger partial charge on any atom is 0.230 e. The van der Waals surface area contributed by atoms with E-state index in [-0.39, 0.29) is 18.2 Å². The topological polar surface area (TPSA) is 73.4 Å². The van der Waals surface area contributed by atoms with Crippen LogP contribution >= 0.6 is 0 Å². The highest BCUT2D eigenvalue weighted by molar-refractivity contribution is 5.97. The van der Waals surface area contributed by atoms with Crippen LogP contribution in [0.3, 0.4) is 0 Å². The number of hydrogen-bond acceptors (Lipinski definition) is 3. The van der Waals surface area contributed by atoms with Crippen LogP contribution < -0.4 is 5.73 Å². The van der Waals surface area contributed by atoms with E-state index < -0.39 is 0 Å². The third-order valence-electron chi connectivity index (χ3n) is 2.20. The van der Waals surface area contributed by atoms with Crippen molar-refractivity contribution in [3.05, 3.63) is 0 Å². The summed E-state index contributed by atoms with van der Waals surface area (Å²) < 4.78 is 0. The van der Waals surface area contributed by atoms with E-state index in [4.69, 9.17) is 11.1 Å². The molecule has 1 fully saturated rings. The zero-order valence-corrected chi connectivity index (χ0v) is 7.92. The molecule has 0 aromatic rings. The fraction of sp³-hybridized carbons (Fsp3) is 0.750. The summed E-state index contributed by atoms with van der Waals surface area (Å²) in [7, 11) is 2.03. The van der Waals surface area contributed by atoms with Gasteiger partial charge in [-0.1, -0.05) is 0 Å². The van der Waals surface area contributed by atoms with Crippen molar-refractivity contribution in [2.75, 3.05) is 33.2 Å². The Morgan fingerprint density at radius 1 is 1.38 bits per heavy atom. The Morgan fingerprint density at radius 3 is 2.38 bits per heavy atom. The molecular formula is C8H16N4O. The molecule has 5 nitrogen and oxygen atoms in total. The smallest absolute Gasteiger partial charge is 0.230 e. The average Bonchev–Trinajstić information content (AvgIpc) is 2.04. The van der Waals surface area contributed by atoms with E-state index in [1.54, 1.807) is 4.90 Å². The summed E-state index contributed by atoms with van der Waals surface area (Å²) >= 11 is 0. The van der Waals surface area contributed by atoms with Gasteiger partial charge in [-0.05, 0) is 7.05 Å². The number of hydrogen-bond donors (Lipinski definition) is 2. The number of amides is 1. The molecule has 0 unspecified atom stereocenters. The molecule has 0 aromatic heterocycles. The molecule has 0 aliphatic carbocycles. The monoisotopic (exact) mass is 184 g/mol. The van der Waals surface area contributed by atoms with Gasteiger partial charge >= 0.3 is 0 Å². The third kappa shape index (κ3) is 3.02. The molecule has 1 heterocycles. The SMILES string of the molecule is CN1CCN(C(=O)CC(=N)N)CC1. The van der Waals surface area contributed by atoms with Crippen LogP contribution in [0.15, 0.2) is 0 Å². The van der Waals surface area contributed by atoms with Crippen LogP contribution in [-0.2, 0) is 4.79 Å². The lowest BCUT2D eigenvalue weighted by Gasteiger charge is -2.32. The molecule has 0 saturated carbocycles. The predicted octanol–water partition coefficient (Wildman–Crippen LogP) is -0.914. The summed E-state index contributed by atoms with van der Waals surface area (Å²) in [5, 5.41) is 7.00. The maximum absolute atomic E-state index is 11.4. The Balaban J connectivity index is 2.36. The standard InChI is InChI=1S/C8H16N4O/c1-11-2-4-12(5-3-11)8(13)6-7(9)10/h2-6H2,1H3,(H3,9,10). The van der Waals surface area contributed by atoms with Crippen molar-refractivity contribution >= 4 is 11.7 Å². The second-order valence-corrected chi connectivity index (χ2v) is 3.39. The number of nitrogens with one attached hydrogen (secondary N) is 1. The van der Waals surface area contributed by atoms with Gasteiger partial charge in [0.05, 0.1) is 12.3 Å². The van der Waals surface area contributed by atoms with E-state index in [0.717, 1.165) is 26.2 Å². The summed E-state index contributed by atoms with van der Waals surface area (Å²) in [5.74, 6) is -0.0791. The molecule has 3 N–H and O–H groups in total. The lowest BCUT2D eigenvalue weighted by atomic mass is 10.3. The fourth-order valence-corrected chi connectivity index (χ4v) is 1.33. The van der Waals surface area contributed by atoms with E-state index in [1.807, 2.05) is 7.05 Å². The molecule has 0 bridgehead atoms. The molecule has 0 aromatic carbocycles. The number of carbonyl (C=O) groups excluding carboxylic acids is 1. The molecule has 1 amide bonds. The van der Waals surface area contributed by atoms with Crippen molar-refractivity contribution < 1.29 is 4.79 Å². The highest BCUT2D eigenvalue weighted by atomic mass is 16.2. The molecular weight excluding hydrogens is 168 g/mol. The van der Waals surface area contributed by atoms with Gasteiger partial charge in [-0.3, -0.25) is 10.2 Å². The lowest BCUT2D eigenvalue weighted by molar-refractivity contribution is -0.131. The zero-order chi connectivity index (χ0) is 9.84. The largest absolute Gasteiger partial charge is 0.387 e. The molecule has 0 atom stereocenters. The van der Waals surface area contributed by atoms with E-state index in [0.29, 0.717) is 0 Å². The number of nitrogens with zero attached hydrogens (tertiary/aromatic N) is 2. The summed E-state index contributed by atoms with van der Waals surface area (Å²) in [4.78, 5) is 15.3. The van der Waals surface area contributed by atoms with Crippen molar-refractivity contribution in [1.82, 2.24) is 9.80 Å². The first-order valence-corrected chi connectivity index (χ1v) is 4.39. The van der Waals surface area contributed by atoms with E-state index in [9.17, 15) is 4.79 Å². The predicted molar refractivity (Wildman–Crippen MR) is 50.6 cm³/mol. The Morgan fingerprint density at radius 2 is 1.92 bits per heavy atom. The summed E-state index contributed by atoms with van der Waals surface area (Å²) in [6.45, 7) is 3.32. The quantitative estimate of drug-likeness (QED) is 0.431. The van der Waals surface area contributed by atoms with Crippen molar-refractivity contribution in [1.29, 1.82) is 5.41 Å². The van der Waals surface area contributed by atoms with Gasteiger partial charge < -0.3 is 15.5 Å². The van der Waals surface area contributed by atoms with Crippen molar-refractivity contribution in [2.45, 2.75) is 6.42 Å². The summed E-state index contributed by atoms with van der Waals surface area (Å²) in [6, 6.07) is 0. The van der Waals surface area contributed by atoms with Crippen LogP contribution in [0, 0.1) is 5.41 Å². The highest BCUT2D eigenvalue weighted by Crippen LogP contribution is 2.01. The maximum atomic E-state index is 11.4. The number of amidine groups is 1. The van der Waals surface area contributed by atoms with Gasteiger partial charge in [0.15, 0.2) is 0 Å². The zero-order valence-electron chi connectivity index (χ0n) is 7.92. The Labute approximate surface area is 78.0 Å². The molecule has 1 saturated heterocycles. The molecule has 1 aliphatic heterocycles. The first kappa shape index (κ1) is 9.98. The minimum absolute atomic E-state index is 0.0272. The molecule has 0 spiro atoms. The fourth-order valence-electron chi connectivity index (χ4n) is 1.33.